The Kier molecular flexibility index (Phi) is 4.77. The fourth-order valence-corrected chi connectivity index (χ4v) is 2.57. The molecule has 0 atom stereocenters. The number of phenols is 1. The summed E-state index contributed by atoms with van der Waals surface area (Å²) < 4.78 is 13.2. The molecule has 1 N–H and O–H groups in total. The van der Waals surface area contributed by atoms with Crippen molar-refractivity contribution in [1.29, 1.82) is 0 Å². The molecule has 1 saturated heterocycles. The van der Waals surface area contributed by atoms with Crippen molar-refractivity contribution in [3.05, 3.63) is 29.6 Å². The Hall–Kier alpha value is -1.13. The summed E-state index contributed by atoms with van der Waals surface area (Å²) in [5.41, 5.74) is 0.678. The predicted octanol–water partition coefficient (Wildman–Crippen LogP) is 2.30. The molecular formula is C15H23FN2O. The van der Waals surface area contributed by atoms with Gasteiger partial charge in [0.15, 0.2) is 0 Å². The highest BCUT2D eigenvalue weighted by atomic mass is 19.1. The zero-order valence-corrected chi connectivity index (χ0v) is 11.8. The van der Waals surface area contributed by atoms with Crippen LogP contribution in [0.1, 0.15) is 19.4 Å². The maximum atomic E-state index is 13.2. The lowest BCUT2D eigenvalue weighted by molar-refractivity contribution is 0.117. The van der Waals surface area contributed by atoms with Gasteiger partial charge in [-0.25, -0.2) is 4.39 Å². The van der Waals surface area contributed by atoms with Gasteiger partial charge in [-0.1, -0.05) is 13.8 Å². The summed E-state index contributed by atoms with van der Waals surface area (Å²) in [5, 5.41) is 9.73. The Bertz CT molecular complexity index is 415. The van der Waals surface area contributed by atoms with Crippen LogP contribution in [-0.2, 0) is 6.54 Å². The van der Waals surface area contributed by atoms with E-state index in [4.69, 9.17) is 0 Å². The first-order chi connectivity index (χ1) is 9.04. The lowest BCUT2D eigenvalue weighted by Gasteiger charge is -2.35. The van der Waals surface area contributed by atoms with Crippen molar-refractivity contribution in [3.63, 3.8) is 0 Å². The van der Waals surface area contributed by atoms with Gasteiger partial charge in [0, 0.05) is 44.8 Å². The third kappa shape index (κ3) is 4.18. The highest BCUT2D eigenvalue weighted by molar-refractivity contribution is 5.32. The highest BCUT2D eigenvalue weighted by Crippen LogP contribution is 2.20. The molecule has 1 fully saturated rings. The molecule has 4 heteroatoms. The smallest absolute Gasteiger partial charge is 0.123 e. The molecule has 3 nitrogen and oxygen atoms in total. The average Bonchev–Trinajstić information content (AvgIpc) is 2.35. The Balaban J connectivity index is 1.87. The lowest BCUT2D eigenvalue weighted by atomic mass is 10.1. The van der Waals surface area contributed by atoms with Crippen molar-refractivity contribution >= 4 is 0 Å². The minimum atomic E-state index is -0.286. The second kappa shape index (κ2) is 6.35. The van der Waals surface area contributed by atoms with Gasteiger partial charge in [0.25, 0.3) is 0 Å². The summed E-state index contributed by atoms with van der Waals surface area (Å²) in [6.07, 6.45) is 0. The molecule has 0 aliphatic carbocycles. The first kappa shape index (κ1) is 14.3. The van der Waals surface area contributed by atoms with Gasteiger partial charge in [-0.3, -0.25) is 4.90 Å². The minimum Gasteiger partial charge on any atom is -0.508 e. The molecule has 0 spiro atoms. The molecule has 1 aromatic rings. The number of rotatable bonds is 4. The molecule has 0 radical (unpaired) electrons. The number of piperazine rings is 1. The van der Waals surface area contributed by atoms with E-state index >= 15 is 0 Å². The second-order valence-corrected chi connectivity index (χ2v) is 5.74. The van der Waals surface area contributed by atoms with Gasteiger partial charge in [-0.05, 0) is 24.1 Å². The van der Waals surface area contributed by atoms with Gasteiger partial charge in [0.05, 0.1) is 0 Å². The van der Waals surface area contributed by atoms with E-state index < -0.39 is 0 Å². The minimum absolute atomic E-state index is 0.186. The van der Waals surface area contributed by atoms with E-state index in [1.807, 2.05) is 0 Å². The molecule has 0 saturated carbocycles. The van der Waals surface area contributed by atoms with E-state index in [1.165, 1.54) is 18.2 Å². The van der Waals surface area contributed by atoms with Crippen molar-refractivity contribution < 1.29 is 9.50 Å². The van der Waals surface area contributed by atoms with Gasteiger partial charge in [-0.2, -0.15) is 0 Å². The van der Waals surface area contributed by atoms with Crippen molar-refractivity contribution in [2.45, 2.75) is 20.4 Å². The molecule has 106 valence electrons. The number of hydrogen-bond acceptors (Lipinski definition) is 3. The fraction of sp³-hybridized carbons (Fsp3) is 0.600. The van der Waals surface area contributed by atoms with Crippen molar-refractivity contribution in [1.82, 2.24) is 9.80 Å². The third-order valence-corrected chi connectivity index (χ3v) is 3.52. The molecule has 0 bridgehead atoms. The Labute approximate surface area is 114 Å². The number of nitrogens with zero attached hydrogens (tertiary/aromatic N) is 2. The van der Waals surface area contributed by atoms with Crippen LogP contribution in [0, 0.1) is 11.7 Å². The monoisotopic (exact) mass is 266 g/mol. The fourth-order valence-electron chi connectivity index (χ4n) is 2.57. The van der Waals surface area contributed by atoms with Crippen LogP contribution < -0.4 is 0 Å². The number of hydrogen-bond donors (Lipinski definition) is 1. The molecule has 19 heavy (non-hydrogen) atoms. The quantitative estimate of drug-likeness (QED) is 0.906. The topological polar surface area (TPSA) is 26.7 Å². The Morgan fingerprint density at radius 1 is 1.16 bits per heavy atom. The van der Waals surface area contributed by atoms with Crippen LogP contribution in [0.5, 0.6) is 5.75 Å². The molecule has 1 aliphatic heterocycles. The van der Waals surface area contributed by atoms with Crippen molar-refractivity contribution in [3.8, 4) is 5.75 Å². The largest absolute Gasteiger partial charge is 0.508 e. The summed E-state index contributed by atoms with van der Waals surface area (Å²) in [7, 11) is 0. The molecule has 0 unspecified atom stereocenters. The Morgan fingerprint density at radius 3 is 2.42 bits per heavy atom. The maximum Gasteiger partial charge on any atom is 0.123 e. The van der Waals surface area contributed by atoms with E-state index in [0.29, 0.717) is 18.0 Å². The zero-order valence-electron chi connectivity index (χ0n) is 11.8. The maximum absolute atomic E-state index is 13.2. The van der Waals surface area contributed by atoms with Crippen LogP contribution in [-0.4, -0.2) is 47.6 Å². The van der Waals surface area contributed by atoms with Crippen LogP contribution in [0.3, 0.4) is 0 Å². The number of benzene rings is 1. The van der Waals surface area contributed by atoms with Crippen LogP contribution in [0.2, 0.25) is 0 Å². The molecular weight excluding hydrogens is 243 g/mol. The molecule has 0 aromatic heterocycles. The molecule has 1 aliphatic rings. The summed E-state index contributed by atoms with van der Waals surface area (Å²) in [5.74, 6) is 0.594. The first-order valence-electron chi connectivity index (χ1n) is 6.96. The summed E-state index contributed by atoms with van der Waals surface area (Å²) >= 11 is 0. The van der Waals surface area contributed by atoms with Crippen molar-refractivity contribution in [2.75, 3.05) is 32.7 Å². The van der Waals surface area contributed by atoms with Gasteiger partial charge < -0.3 is 10.0 Å². The summed E-state index contributed by atoms with van der Waals surface area (Å²) in [4.78, 5) is 4.73. The van der Waals surface area contributed by atoms with Crippen LogP contribution in [0.4, 0.5) is 4.39 Å². The molecule has 1 aromatic carbocycles. The van der Waals surface area contributed by atoms with Gasteiger partial charge in [0.2, 0.25) is 0 Å². The molecule has 1 heterocycles. The predicted molar refractivity (Wildman–Crippen MR) is 74.6 cm³/mol. The van der Waals surface area contributed by atoms with E-state index in [9.17, 15) is 9.50 Å². The number of halogens is 1. The number of aromatic hydroxyl groups is 1. The normalized spacial score (nSPS) is 18.1. The van der Waals surface area contributed by atoms with E-state index in [0.717, 1.165) is 32.7 Å². The molecule has 2 rings (SSSR count). The third-order valence-electron chi connectivity index (χ3n) is 3.52. The van der Waals surface area contributed by atoms with Gasteiger partial charge in [0.1, 0.15) is 11.6 Å². The van der Waals surface area contributed by atoms with Gasteiger partial charge in [-0.15, -0.1) is 0 Å². The first-order valence-corrected chi connectivity index (χ1v) is 6.96. The zero-order chi connectivity index (χ0) is 13.8. The SMILES string of the molecule is CC(C)CN1CCN(Cc2cc(F)ccc2O)CC1. The van der Waals surface area contributed by atoms with Gasteiger partial charge >= 0.3 is 0 Å². The average molecular weight is 266 g/mol. The summed E-state index contributed by atoms with van der Waals surface area (Å²) in [6.45, 7) is 10.3. The van der Waals surface area contributed by atoms with Crippen LogP contribution >= 0.6 is 0 Å². The standard InChI is InChI=1S/C15H23FN2O/c1-12(2)10-17-5-7-18(8-6-17)11-13-9-14(16)3-4-15(13)19/h3-4,9,12,19H,5-8,10-11H2,1-2H3. The van der Waals surface area contributed by atoms with Crippen molar-refractivity contribution in [2.24, 2.45) is 5.92 Å². The van der Waals surface area contributed by atoms with E-state index in [1.54, 1.807) is 0 Å². The van der Waals surface area contributed by atoms with E-state index in [2.05, 4.69) is 23.6 Å². The number of phenolic OH excluding ortho intramolecular Hbond substituents is 1. The lowest BCUT2D eigenvalue weighted by Crippen LogP contribution is -2.46. The Morgan fingerprint density at radius 2 is 1.79 bits per heavy atom. The molecule has 0 amide bonds. The highest BCUT2D eigenvalue weighted by Gasteiger charge is 2.18. The van der Waals surface area contributed by atoms with Crippen LogP contribution in [0.15, 0.2) is 18.2 Å². The summed E-state index contributed by atoms with van der Waals surface area (Å²) in [6, 6.07) is 4.15. The van der Waals surface area contributed by atoms with E-state index in [-0.39, 0.29) is 11.6 Å². The second-order valence-electron chi connectivity index (χ2n) is 5.74. The van der Waals surface area contributed by atoms with Crippen LogP contribution in [0.25, 0.3) is 0 Å².